The summed E-state index contributed by atoms with van der Waals surface area (Å²) in [5, 5.41) is 24.1. The Morgan fingerprint density at radius 1 is 0.712 bits per heavy atom. The van der Waals surface area contributed by atoms with E-state index >= 15 is 0 Å². The minimum absolute atomic E-state index is 0.00245. The molecule has 280 valence electrons. The number of rotatable bonds is 15. The summed E-state index contributed by atoms with van der Waals surface area (Å²) in [6, 6.07) is 4.23. The molecule has 16 nitrogen and oxygen atoms in total. The molecule has 0 radical (unpaired) electrons. The Hall–Kier alpha value is -5.15. The van der Waals surface area contributed by atoms with Crippen molar-refractivity contribution in [2.75, 3.05) is 47.6 Å². The van der Waals surface area contributed by atoms with E-state index in [-0.39, 0.29) is 75.8 Å². The maximum Gasteiger partial charge on any atom is 0.328 e. The number of nitro benzene ring substituents is 2. The van der Waals surface area contributed by atoms with Gasteiger partial charge in [-0.1, -0.05) is 0 Å². The molecule has 2 aliphatic carbocycles. The number of carbonyl (C=O) groups is 3. The van der Waals surface area contributed by atoms with E-state index < -0.39 is 33.5 Å². The second kappa shape index (κ2) is 14.5. The van der Waals surface area contributed by atoms with Gasteiger partial charge in [0.15, 0.2) is 23.0 Å². The van der Waals surface area contributed by atoms with Crippen LogP contribution in [0.2, 0.25) is 0 Å². The van der Waals surface area contributed by atoms with Crippen LogP contribution in [-0.2, 0) is 9.53 Å². The molecule has 2 spiro atoms. The second-order valence-corrected chi connectivity index (χ2v) is 14.5. The van der Waals surface area contributed by atoms with Crippen molar-refractivity contribution in [2.45, 2.75) is 76.8 Å². The Morgan fingerprint density at radius 3 is 1.60 bits per heavy atom. The number of ether oxygens (including phenoxy) is 5. The molecule has 2 atom stereocenters. The predicted octanol–water partition coefficient (Wildman–Crippen LogP) is 5.33. The number of likely N-dealkylation sites (tertiary alicyclic amines) is 2. The summed E-state index contributed by atoms with van der Waals surface area (Å²) in [6.45, 7) is 3.25. The van der Waals surface area contributed by atoms with E-state index in [0.717, 1.165) is 38.2 Å². The van der Waals surface area contributed by atoms with Crippen LogP contribution < -0.4 is 18.9 Å². The second-order valence-electron chi connectivity index (χ2n) is 14.5. The number of hydrogen-bond donors (Lipinski definition) is 0. The average molecular weight is 725 g/mol. The van der Waals surface area contributed by atoms with Crippen molar-refractivity contribution in [2.24, 2.45) is 10.8 Å². The highest BCUT2D eigenvalue weighted by Gasteiger charge is 2.56. The van der Waals surface area contributed by atoms with E-state index in [0.29, 0.717) is 38.8 Å². The standard InChI is InChI=1S/C36H44N4O12/c1-22-18-35(8-9-35)20-37(22)32(41)23-14-28(48-2)30(16-25(23)39(44)45)51-12-6-5-7-13-52-31-17-26(40(46)47)24(15-29(31)49-3)33(42)38-21-36(10-11-36)19-27(38)34(43)50-4/h14-17,22,27H,5-13,18-21H2,1-4H3/t22-,27+/m1/s1. The quantitative estimate of drug-likeness (QED) is 0.0995. The topological polar surface area (TPSA) is 190 Å². The molecule has 52 heavy (non-hydrogen) atoms. The third-order valence-electron chi connectivity index (χ3n) is 10.9. The highest BCUT2D eigenvalue weighted by Crippen LogP contribution is 2.56. The minimum atomic E-state index is -0.816. The molecule has 2 saturated carbocycles. The van der Waals surface area contributed by atoms with Gasteiger partial charge in [-0.25, -0.2) is 4.79 Å². The van der Waals surface area contributed by atoms with Crippen molar-refractivity contribution in [1.29, 1.82) is 0 Å². The lowest BCUT2D eigenvalue weighted by Gasteiger charge is -2.23. The normalized spacial score (nSPS) is 20.5. The number of unbranched alkanes of at least 4 members (excludes halogenated alkanes) is 2. The summed E-state index contributed by atoms with van der Waals surface area (Å²) in [5.74, 6) is -0.990. The van der Waals surface area contributed by atoms with Crippen molar-refractivity contribution in [3.63, 3.8) is 0 Å². The first kappa shape index (κ1) is 36.6. The van der Waals surface area contributed by atoms with Gasteiger partial charge < -0.3 is 33.5 Å². The van der Waals surface area contributed by atoms with E-state index in [1.807, 2.05) is 6.92 Å². The number of nitrogens with zero attached hydrogens (tertiary/aromatic N) is 4. The van der Waals surface area contributed by atoms with Gasteiger partial charge in [0.25, 0.3) is 23.2 Å². The van der Waals surface area contributed by atoms with Crippen LogP contribution >= 0.6 is 0 Å². The van der Waals surface area contributed by atoms with Crippen LogP contribution in [0.15, 0.2) is 24.3 Å². The van der Waals surface area contributed by atoms with Gasteiger partial charge in [-0.2, -0.15) is 0 Å². The molecule has 2 aliphatic heterocycles. The van der Waals surface area contributed by atoms with Gasteiger partial charge in [0.2, 0.25) is 0 Å². The van der Waals surface area contributed by atoms with Crippen LogP contribution in [-0.4, -0.2) is 97.1 Å². The van der Waals surface area contributed by atoms with E-state index in [1.165, 1.54) is 44.4 Å². The van der Waals surface area contributed by atoms with E-state index in [1.54, 1.807) is 4.90 Å². The molecule has 2 saturated heterocycles. The molecule has 2 amide bonds. The molecule has 2 aromatic carbocycles. The Labute approximate surface area is 300 Å². The summed E-state index contributed by atoms with van der Waals surface area (Å²) in [5.41, 5.74) is -1.04. The van der Waals surface area contributed by atoms with Crippen molar-refractivity contribution in [1.82, 2.24) is 9.80 Å². The largest absolute Gasteiger partial charge is 0.493 e. The first-order chi connectivity index (χ1) is 24.8. The van der Waals surface area contributed by atoms with Gasteiger partial charge in [-0.3, -0.25) is 29.8 Å². The van der Waals surface area contributed by atoms with Crippen molar-refractivity contribution in [3.05, 3.63) is 55.6 Å². The highest BCUT2D eigenvalue weighted by atomic mass is 16.6. The summed E-state index contributed by atoms with van der Waals surface area (Å²) in [4.78, 5) is 65.5. The maximum atomic E-state index is 13.6. The Bertz CT molecular complexity index is 1770. The molecule has 16 heteroatoms. The number of carbonyl (C=O) groups excluding carboxylic acids is 3. The maximum absolute atomic E-state index is 13.6. The fraction of sp³-hybridized carbons (Fsp3) is 0.583. The van der Waals surface area contributed by atoms with Crippen LogP contribution in [0.1, 0.15) is 85.4 Å². The lowest BCUT2D eigenvalue weighted by atomic mass is 10.0. The molecule has 0 aromatic heterocycles. The van der Waals surface area contributed by atoms with Crippen LogP contribution in [0.4, 0.5) is 11.4 Å². The Balaban J connectivity index is 1.04. The average Bonchev–Trinajstić information content (AvgIpc) is 4.00. The zero-order valence-corrected chi connectivity index (χ0v) is 29.8. The summed E-state index contributed by atoms with van der Waals surface area (Å²) >= 11 is 0. The first-order valence-corrected chi connectivity index (χ1v) is 17.5. The molecule has 6 rings (SSSR count). The fourth-order valence-corrected chi connectivity index (χ4v) is 7.63. The Morgan fingerprint density at radius 2 is 1.17 bits per heavy atom. The van der Waals surface area contributed by atoms with Crippen molar-refractivity contribution < 1.29 is 47.9 Å². The lowest BCUT2D eigenvalue weighted by molar-refractivity contribution is -0.385. The molecule has 0 bridgehead atoms. The SMILES string of the molecule is COC(=O)[C@@H]1CC2(CC2)CN1C(=O)c1cc(OC)c(OCCCCCOc2cc([N+](=O)[O-])c(C(=O)N3CC4(CC4)C[C@H]3C)cc2OC)cc1[N+](=O)[O-]. The van der Waals surface area contributed by atoms with E-state index in [2.05, 4.69) is 0 Å². The van der Waals surface area contributed by atoms with Crippen molar-refractivity contribution in [3.8, 4) is 23.0 Å². The number of nitro groups is 2. The molecular formula is C36H44N4O12. The van der Waals surface area contributed by atoms with Gasteiger partial charge in [0.1, 0.15) is 17.2 Å². The highest BCUT2D eigenvalue weighted by molar-refractivity contribution is 6.01. The third-order valence-corrected chi connectivity index (χ3v) is 10.9. The summed E-state index contributed by atoms with van der Waals surface area (Å²) < 4.78 is 27.5. The van der Waals surface area contributed by atoms with E-state index in [9.17, 15) is 34.6 Å². The monoisotopic (exact) mass is 724 g/mol. The van der Waals surface area contributed by atoms with Gasteiger partial charge in [-0.15, -0.1) is 0 Å². The fourth-order valence-electron chi connectivity index (χ4n) is 7.63. The molecule has 0 N–H and O–H groups in total. The van der Waals surface area contributed by atoms with Gasteiger partial charge in [0, 0.05) is 31.3 Å². The molecule has 2 aromatic rings. The zero-order chi connectivity index (χ0) is 37.4. The van der Waals surface area contributed by atoms with Crippen LogP contribution in [0, 0.1) is 31.1 Å². The number of benzene rings is 2. The van der Waals surface area contributed by atoms with Crippen molar-refractivity contribution >= 4 is 29.2 Å². The molecular weight excluding hydrogens is 680 g/mol. The molecule has 2 heterocycles. The number of esters is 1. The lowest BCUT2D eigenvalue weighted by Crippen LogP contribution is -2.41. The first-order valence-electron chi connectivity index (χ1n) is 17.5. The minimum Gasteiger partial charge on any atom is -0.493 e. The predicted molar refractivity (Wildman–Crippen MR) is 184 cm³/mol. The molecule has 4 fully saturated rings. The molecule has 4 aliphatic rings. The van der Waals surface area contributed by atoms with Gasteiger partial charge >= 0.3 is 5.97 Å². The van der Waals surface area contributed by atoms with Crippen LogP contribution in [0.5, 0.6) is 23.0 Å². The summed E-state index contributed by atoms with van der Waals surface area (Å²) in [6.07, 6.45) is 6.92. The summed E-state index contributed by atoms with van der Waals surface area (Å²) in [7, 11) is 4.02. The smallest absolute Gasteiger partial charge is 0.328 e. The third kappa shape index (κ3) is 7.28. The number of hydrogen-bond acceptors (Lipinski definition) is 12. The van der Waals surface area contributed by atoms with Gasteiger partial charge in [0.05, 0.1) is 56.5 Å². The molecule has 0 unspecified atom stereocenters. The Kier molecular flexibility index (Phi) is 10.2. The van der Waals surface area contributed by atoms with Crippen LogP contribution in [0.25, 0.3) is 0 Å². The van der Waals surface area contributed by atoms with Gasteiger partial charge in [-0.05, 0) is 75.5 Å². The number of amides is 2. The zero-order valence-electron chi connectivity index (χ0n) is 29.8. The number of methoxy groups -OCH3 is 3. The van der Waals surface area contributed by atoms with Crippen LogP contribution in [0.3, 0.4) is 0 Å². The van der Waals surface area contributed by atoms with E-state index in [4.69, 9.17) is 23.7 Å².